The molecule has 0 spiro atoms. The van der Waals surface area contributed by atoms with Gasteiger partial charge in [0, 0.05) is 22.6 Å². The lowest BCUT2D eigenvalue weighted by atomic mass is 10.1. The third kappa shape index (κ3) is 3.80. The lowest BCUT2D eigenvalue weighted by Crippen LogP contribution is -2.31. The van der Waals surface area contributed by atoms with E-state index in [1.165, 1.54) is 0 Å². The van der Waals surface area contributed by atoms with Gasteiger partial charge in [0.25, 0.3) is 0 Å². The predicted octanol–water partition coefficient (Wildman–Crippen LogP) is 3.78. The van der Waals surface area contributed by atoms with Gasteiger partial charge < -0.3 is 5.11 Å². The van der Waals surface area contributed by atoms with Crippen molar-refractivity contribution >= 4 is 15.9 Å². The van der Waals surface area contributed by atoms with Gasteiger partial charge in [-0.05, 0) is 45.0 Å². The summed E-state index contributed by atoms with van der Waals surface area (Å²) in [7, 11) is 0. The van der Waals surface area contributed by atoms with E-state index in [0.29, 0.717) is 11.8 Å². The molecule has 0 aliphatic rings. The molecular formula is C13H20BrNO. The van der Waals surface area contributed by atoms with Crippen molar-refractivity contribution in [2.45, 2.75) is 39.8 Å². The fourth-order valence-electron chi connectivity index (χ4n) is 1.71. The first-order chi connectivity index (χ1) is 7.54. The van der Waals surface area contributed by atoms with Crippen LogP contribution in [0.25, 0.3) is 0 Å². The third-order valence-electron chi connectivity index (χ3n) is 2.66. The Hall–Kier alpha value is -0.540. The highest BCUT2D eigenvalue weighted by Gasteiger charge is 2.11. The quantitative estimate of drug-likeness (QED) is 0.890. The average molecular weight is 286 g/mol. The summed E-state index contributed by atoms with van der Waals surface area (Å²) < 4.78 is 1.01. The molecule has 1 aromatic carbocycles. The normalized spacial score (nSPS) is 11.4. The van der Waals surface area contributed by atoms with E-state index >= 15 is 0 Å². The second-order valence-corrected chi connectivity index (χ2v) is 5.25. The molecule has 0 fully saturated rings. The van der Waals surface area contributed by atoms with Gasteiger partial charge in [0.1, 0.15) is 5.75 Å². The molecule has 1 N–H and O–H groups in total. The summed E-state index contributed by atoms with van der Waals surface area (Å²) in [6, 6.07) is 6.08. The van der Waals surface area contributed by atoms with Crippen molar-refractivity contribution < 1.29 is 5.11 Å². The fraction of sp³-hybridized carbons (Fsp3) is 0.538. The van der Waals surface area contributed by atoms with Crippen LogP contribution in [0.5, 0.6) is 5.75 Å². The third-order valence-corrected chi connectivity index (χ3v) is 3.15. The molecule has 90 valence electrons. The summed E-state index contributed by atoms with van der Waals surface area (Å²) in [6.45, 7) is 8.41. The second-order valence-electron chi connectivity index (χ2n) is 4.34. The lowest BCUT2D eigenvalue weighted by Gasteiger charge is -2.26. The lowest BCUT2D eigenvalue weighted by molar-refractivity contribution is 0.211. The van der Waals surface area contributed by atoms with Gasteiger partial charge in [0.05, 0.1) is 0 Å². The van der Waals surface area contributed by atoms with E-state index in [0.717, 1.165) is 29.5 Å². The van der Waals surface area contributed by atoms with Gasteiger partial charge in [-0.25, -0.2) is 0 Å². The van der Waals surface area contributed by atoms with Crippen LogP contribution in [0.15, 0.2) is 22.7 Å². The Balaban J connectivity index is 2.80. The average Bonchev–Trinajstić information content (AvgIpc) is 2.22. The fourth-order valence-corrected chi connectivity index (χ4v) is 2.12. The van der Waals surface area contributed by atoms with Gasteiger partial charge in [-0.2, -0.15) is 0 Å². The number of nitrogens with zero attached hydrogens (tertiary/aromatic N) is 1. The number of hydrogen-bond acceptors (Lipinski definition) is 2. The minimum Gasteiger partial charge on any atom is -0.508 e. The monoisotopic (exact) mass is 285 g/mol. The molecule has 0 aliphatic carbocycles. The van der Waals surface area contributed by atoms with Gasteiger partial charge in [-0.3, -0.25) is 4.90 Å². The summed E-state index contributed by atoms with van der Waals surface area (Å²) in [5.74, 6) is 0.380. The molecule has 0 radical (unpaired) electrons. The van der Waals surface area contributed by atoms with E-state index in [-0.39, 0.29) is 0 Å². The minimum absolute atomic E-state index is 0.380. The Kier molecular flexibility index (Phi) is 5.29. The van der Waals surface area contributed by atoms with E-state index in [1.54, 1.807) is 6.07 Å². The number of rotatable bonds is 5. The van der Waals surface area contributed by atoms with Crippen molar-refractivity contribution in [1.82, 2.24) is 4.90 Å². The zero-order chi connectivity index (χ0) is 12.1. The highest BCUT2D eigenvalue weighted by atomic mass is 79.9. The summed E-state index contributed by atoms with van der Waals surface area (Å²) in [6.07, 6.45) is 1.13. The van der Waals surface area contributed by atoms with Gasteiger partial charge in [-0.15, -0.1) is 0 Å². The van der Waals surface area contributed by atoms with Crippen LogP contribution in [0, 0.1) is 0 Å². The van der Waals surface area contributed by atoms with Crippen LogP contribution in [0.3, 0.4) is 0 Å². The van der Waals surface area contributed by atoms with Crippen molar-refractivity contribution in [3.05, 3.63) is 28.2 Å². The summed E-state index contributed by atoms with van der Waals surface area (Å²) in [5, 5.41) is 9.79. The molecule has 0 heterocycles. The summed E-state index contributed by atoms with van der Waals surface area (Å²) in [4.78, 5) is 2.36. The number of phenolic OH excluding ortho intramolecular Hbond substituents is 1. The highest BCUT2D eigenvalue weighted by Crippen LogP contribution is 2.23. The Morgan fingerprint density at radius 1 is 1.38 bits per heavy atom. The standard InChI is InChI=1S/C13H20BrNO/c1-4-7-15(10(2)3)9-11-8-12(14)5-6-13(11)16/h5-6,8,10,16H,4,7,9H2,1-3H3. The molecule has 0 aromatic heterocycles. The molecule has 2 nitrogen and oxygen atoms in total. The van der Waals surface area contributed by atoms with E-state index in [2.05, 4.69) is 41.6 Å². The van der Waals surface area contributed by atoms with Crippen LogP contribution in [-0.4, -0.2) is 22.6 Å². The molecule has 16 heavy (non-hydrogen) atoms. The Bertz CT molecular complexity index is 339. The van der Waals surface area contributed by atoms with E-state index in [9.17, 15) is 5.11 Å². The van der Waals surface area contributed by atoms with Gasteiger partial charge >= 0.3 is 0 Å². The van der Waals surface area contributed by atoms with Crippen molar-refractivity contribution in [3.8, 4) is 5.75 Å². The first-order valence-electron chi connectivity index (χ1n) is 5.76. The van der Waals surface area contributed by atoms with E-state index in [1.807, 2.05) is 12.1 Å². The molecule has 0 saturated heterocycles. The Morgan fingerprint density at radius 3 is 2.62 bits per heavy atom. The summed E-state index contributed by atoms with van der Waals surface area (Å²) >= 11 is 3.43. The van der Waals surface area contributed by atoms with Gasteiger partial charge in [-0.1, -0.05) is 22.9 Å². The highest BCUT2D eigenvalue weighted by molar-refractivity contribution is 9.10. The number of aromatic hydroxyl groups is 1. The van der Waals surface area contributed by atoms with Crippen LogP contribution in [0.4, 0.5) is 0 Å². The first kappa shape index (κ1) is 13.5. The van der Waals surface area contributed by atoms with Crippen LogP contribution in [-0.2, 0) is 6.54 Å². The summed E-state index contributed by atoms with van der Waals surface area (Å²) in [5.41, 5.74) is 0.983. The van der Waals surface area contributed by atoms with Crippen LogP contribution < -0.4 is 0 Å². The predicted molar refractivity (Wildman–Crippen MR) is 71.6 cm³/mol. The maximum atomic E-state index is 9.79. The van der Waals surface area contributed by atoms with Crippen molar-refractivity contribution in [2.75, 3.05) is 6.54 Å². The molecular weight excluding hydrogens is 266 g/mol. The maximum absolute atomic E-state index is 9.79. The number of phenols is 1. The number of hydrogen-bond donors (Lipinski definition) is 1. The van der Waals surface area contributed by atoms with Crippen LogP contribution >= 0.6 is 15.9 Å². The molecule has 0 amide bonds. The molecule has 1 aromatic rings. The van der Waals surface area contributed by atoms with Crippen molar-refractivity contribution in [2.24, 2.45) is 0 Å². The Labute approximate surface area is 106 Å². The maximum Gasteiger partial charge on any atom is 0.120 e. The molecule has 0 aliphatic heterocycles. The Morgan fingerprint density at radius 2 is 2.06 bits per heavy atom. The molecule has 3 heteroatoms. The minimum atomic E-state index is 0.380. The topological polar surface area (TPSA) is 23.5 Å². The molecule has 1 rings (SSSR count). The van der Waals surface area contributed by atoms with Gasteiger partial charge in [0.2, 0.25) is 0 Å². The number of benzene rings is 1. The molecule has 0 saturated carbocycles. The zero-order valence-electron chi connectivity index (χ0n) is 10.2. The van der Waals surface area contributed by atoms with Crippen molar-refractivity contribution in [1.29, 1.82) is 0 Å². The van der Waals surface area contributed by atoms with Gasteiger partial charge in [0.15, 0.2) is 0 Å². The van der Waals surface area contributed by atoms with E-state index in [4.69, 9.17) is 0 Å². The van der Waals surface area contributed by atoms with Crippen molar-refractivity contribution in [3.63, 3.8) is 0 Å². The first-order valence-corrected chi connectivity index (χ1v) is 6.55. The molecule has 0 unspecified atom stereocenters. The van der Waals surface area contributed by atoms with Crippen LogP contribution in [0.2, 0.25) is 0 Å². The SMILES string of the molecule is CCCN(Cc1cc(Br)ccc1O)C(C)C. The number of halogens is 1. The second kappa shape index (κ2) is 6.26. The van der Waals surface area contributed by atoms with E-state index < -0.39 is 0 Å². The molecule has 0 bridgehead atoms. The molecule has 0 atom stereocenters. The smallest absolute Gasteiger partial charge is 0.120 e. The largest absolute Gasteiger partial charge is 0.508 e. The van der Waals surface area contributed by atoms with Crippen LogP contribution in [0.1, 0.15) is 32.8 Å². The zero-order valence-corrected chi connectivity index (χ0v) is 11.8.